The molecule has 2 heterocycles. The maximum atomic E-state index is 4.04. The molecule has 2 rings (SSSR count). The number of aromatic nitrogens is 3. The summed E-state index contributed by atoms with van der Waals surface area (Å²) in [5.41, 5.74) is 2.03. The molecule has 3 nitrogen and oxygen atoms in total. The molecule has 1 N–H and O–H groups in total. The van der Waals surface area contributed by atoms with Crippen molar-refractivity contribution in [1.82, 2.24) is 15.0 Å². The third kappa shape index (κ3) is 0.673. The van der Waals surface area contributed by atoms with Crippen LogP contribution in [0.25, 0.3) is 11.0 Å². The van der Waals surface area contributed by atoms with Gasteiger partial charge in [0.2, 0.25) is 0 Å². The molecular weight excluding hydrogens is 126 g/mol. The largest absolute Gasteiger partial charge is 0.343 e. The highest BCUT2D eigenvalue weighted by Crippen LogP contribution is 2.08. The van der Waals surface area contributed by atoms with Crippen LogP contribution in [0.2, 0.25) is 0 Å². The normalized spacial score (nSPS) is 10.5. The molecule has 0 unspecified atom stereocenters. The molecule has 3 heteroatoms. The number of hydrogen-bond donors (Lipinski definition) is 1. The molecule has 0 atom stereocenters. The minimum absolute atomic E-state index is 0.910. The highest BCUT2D eigenvalue weighted by molar-refractivity contribution is 5.74. The van der Waals surface area contributed by atoms with Gasteiger partial charge in [-0.3, -0.25) is 0 Å². The molecule has 0 saturated heterocycles. The van der Waals surface area contributed by atoms with Crippen LogP contribution in [0.5, 0.6) is 0 Å². The van der Waals surface area contributed by atoms with Crippen LogP contribution in [0.4, 0.5) is 0 Å². The predicted molar refractivity (Wildman–Crippen MR) is 38.6 cm³/mol. The molecular formula is C7H7N3. The number of aromatic amines is 1. The Kier molecular flexibility index (Phi) is 0.974. The lowest BCUT2D eigenvalue weighted by molar-refractivity contribution is 1.18. The lowest BCUT2D eigenvalue weighted by Gasteiger charge is -1.82. The lowest BCUT2D eigenvalue weighted by Crippen LogP contribution is -1.76. The van der Waals surface area contributed by atoms with Crippen LogP contribution in [0.3, 0.4) is 0 Å². The molecule has 2 aromatic rings. The van der Waals surface area contributed by atoms with Gasteiger partial charge in [0, 0.05) is 17.3 Å². The topological polar surface area (TPSA) is 41.6 Å². The van der Waals surface area contributed by atoms with Gasteiger partial charge in [-0.2, -0.15) is 0 Å². The van der Waals surface area contributed by atoms with E-state index in [9.17, 15) is 0 Å². The minimum atomic E-state index is 0.910. The fraction of sp³-hybridized carbons (Fsp3) is 0.143. The van der Waals surface area contributed by atoms with E-state index >= 15 is 0 Å². The molecule has 0 aliphatic rings. The summed E-state index contributed by atoms with van der Waals surface area (Å²) in [5.74, 6) is 0. The molecule has 0 aromatic carbocycles. The zero-order valence-electron chi connectivity index (χ0n) is 5.63. The molecule has 0 radical (unpaired) electrons. The quantitative estimate of drug-likeness (QED) is 0.588. The summed E-state index contributed by atoms with van der Waals surface area (Å²) in [5, 5.41) is 1.07. The Bertz CT molecular complexity index is 317. The molecule has 50 valence electrons. The van der Waals surface area contributed by atoms with Crippen molar-refractivity contribution in [2.45, 2.75) is 6.92 Å². The summed E-state index contributed by atoms with van der Waals surface area (Å²) < 4.78 is 0. The van der Waals surface area contributed by atoms with Crippen LogP contribution in [0, 0.1) is 6.92 Å². The van der Waals surface area contributed by atoms with Crippen molar-refractivity contribution in [3.63, 3.8) is 0 Å². The van der Waals surface area contributed by atoms with Crippen molar-refractivity contribution in [3.05, 3.63) is 24.3 Å². The lowest BCUT2D eigenvalue weighted by atomic mass is 10.4. The van der Waals surface area contributed by atoms with Crippen LogP contribution >= 0.6 is 0 Å². The van der Waals surface area contributed by atoms with Gasteiger partial charge in [0.15, 0.2) is 0 Å². The second-order valence-electron chi connectivity index (χ2n) is 2.28. The van der Waals surface area contributed by atoms with Gasteiger partial charge < -0.3 is 4.98 Å². The summed E-state index contributed by atoms with van der Waals surface area (Å²) in [6.45, 7) is 2.00. The fourth-order valence-corrected chi connectivity index (χ4v) is 1.01. The van der Waals surface area contributed by atoms with E-state index in [4.69, 9.17) is 0 Å². The number of aryl methyl sites for hydroxylation is 1. The Hall–Kier alpha value is -1.38. The van der Waals surface area contributed by atoms with Gasteiger partial charge in [-0.15, -0.1) is 0 Å². The molecule has 0 amide bonds. The Morgan fingerprint density at radius 3 is 3.20 bits per heavy atom. The second-order valence-corrected chi connectivity index (χ2v) is 2.28. The van der Waals surface area contributed by atoms with Crippen molar-refractivity contribution >= 4 is 11.0 Å². The van der Waals surface area contributed by atoms with Crippen molar-refractivity contribution in [3.8, 4) is 0 Å². The van der Waals surface area contributed by atoms with Crippen LogP contribution in [0.1, 0.15) is 5.69 Å². The summed E-state index contributed by atoms with van der Waals surface area (Å²) in [4.78, 5) is 11.0. The van der Waals surface area contributed by atoms with Crippen LogP contribution in [-0.4, -0.2) is 15.0 Å². The average Bonchev–Trinajstić information content (AvgIpc) is 2.27. The van der Waals surface area contributed by atoms with Crippen LogP contribution in [0.15, 0.2) is 18.6 Å². The van der Waals surface area contributed by atoms with Gasteiger partial charge in [-0.05, 0) is 13.0 Å². The molecule has 2 aromatic heterocycles. The number of nitrogens with zero attached hydrogens (tertiary/aromatic N) is 2. The van der Waals surface area contributed by atoms with Crippen molar-refractivity contribution in [2.75, 3.05) is 0 Å². The number of fused-ring (bicyclic) bond motifs is 1. The van der Waals surface area contributed by atoms with E-state index in [1.54, 1.807) is 6.20 Å². The van der Waals surface area contributed by atoms with Crippen molar-refractivity contribution in [1.29, 1.82) is 0 Å². The fourth-order valence-electron chi connectivity index (χ4n) is 1.01. The van der Waals surface area contributed by atoms with Crippen LogP contribution < -0.4 is 0 Å². The minimum Gasteiger partial charge on any atom is -0.343 e. The smallest absolute Gasteiger partial charge is 0.140 e. The Balaban J connectivity index is 2.88. The Labute approximate surface area is 58.1 Å². The summed E-state index contributed by atoms with van der Waals surface area (Å²) in [6, 6.07) is 2.02. The predicted octanol–water partition coefficient (Wildman–Crippen LogP) is 1.27. The van der Waals surface area contributed by atoms with Gasteiger partial charge >= 0.3 is 0 Å². The molecule has 0 aliphatic carbocycles. The van der Waals surface area contributed by atoms with Gasteiger partial charge in [0.05, 0.1) is 0 Å². The first-order valence-electron chi connectivity index (χ1n) is 3.11. The van der Waals surface area contributed by atoms with Gasteiger partial charge in [0.1, 0.15) is 12.0 Å². The first-order chi connectivity index (χ1) is 4.86. The van der Waals surface area contributed by atoms with E-state index < -0.39 is 0 Å². The standard InChI is InChI=1S/C7H7N3/c1-5-2-6-3-8-4-9-7(6)10-5/h2-4H,1H3,(H,8,9,10). The second kappa shape index (κ2) is 1.80. The van der Waals surface area contributed by atoms with E-state index in [-0.39, 0.29) is 0 Å². The molecule has 0 saturated carbocycles. The Morgan fingerprint density at radius 2 is 2.40 bits per heavy atom. The number of nitrogens with one attached hydrogen (secondary N) is 1. The number of rotatable bonds is 0. The zero-order valence-corrected chi connectivity index (χ0v) is 5.63. The van der Waals surface area contributed by atoms with E-state index in [1.807, 2.05) is 13.0 Å². The highest BCUT2D eigenvalue weighted by Gasteiger charge is 1.94. The Morgan fingerprint density at radius 1 is 1.50 bits per heavy atom. The average molecular weight is 133 g/mol. The zero-order chi connectivity index (χ0) is 6.97. The van der Waals surface area contributed by atoms with E-state index in [2.05, 4.69) is 15.0 Å². The van der Waals surface area contributed by atoms with Gasteiger partial charge in [-0.1, -0.05) is 0 Å². The number of hydrogen-bond acceptors (Lipinski definition) is 2. The van der Waals surface area contributed by atoms with Gasteiger partial charge in [-0.25, -0.2) is 9.97 Å². The molecule has 0 bridgehead atoms. The highest BCUT2D eigenvalue weighted by atomic mass is 14.9. The van der Waals surface area contributed by atoms with E-state index in [0.717, 1.165) is 16.7 Å². The maximum Gasteiger partial charge on any atom is 0.140 e. The molecule has 10 heavy (non-hydrogen) atoms. The third-order valence-electron chi connectivity index (χ3n) is 1.43. The monoisotopic (exact) mass is 133 g/mol. The van der Waals surface area contributed by atoms with E-state index in [1.165, 1.54) is 6.33 Å². The first-order valence-corrected chi connectivity index (χ1v) is 3.11. The number of H-pyrrole nitrogens is 1. The molecule has 0 fully saturated rings. The van der Waals surface area contributed by atoms with Crippen molar-refractivity contribution < 1.29 is 0 Å². The van der Waals surface area contributed by atoms with E-state index in [0.29, 0.717) is 0 Å². The third-order valence-corrected chi connectivity index (χ3v) is 1.43. The van der Waals surface area contributed by atoms with Crippen LogP contribution in [-0.2, 0) is 0 Å². The van der Waals surface area contributed by atoms with Gasteiger partial charge in [0.25, 0.3) is 0 Å². The molecule has 0 aliphatic heterocycles. The molecule has 0 spiro atoms. The first kappa shape index (κ1) is 5.41. The summed E-state index contributed by atoms with van der Waals surface area (Å²) >= 11 is 0. The summed E-state index contributed by atoms with van der Waals surface area (Å²) in [6.07, 6.45) is 3.34. The summed E-state index contributed by atoms with van der Waals surface area (Å²) in [7, 11) is 0. The van der Waals surface area contributed by atoms with Crippen molar-refractivity contribution in [2.24, 2.45) is 0 Å². The maximum absolute atomic E-state index is 4.04. The SMILES string of the molecule is Cc1cc2cncnc2[nH]1.